The van der Waals surface area contributed by atoms with Crippen molar-refractivity contribution < 1.29 is 9.53 Å². The highest BCUT2D eigenvalue weighted by Gasteiger charge is 2.21. The zero-order valence-electron chi connectivity index (χ0n) is 14.5. The summed E-state index contributed by atoms with van der Waals surface area (Å²) in [6.07, 6.45) is 0.0404. The van der Waals surface area contributed by atoms with Gasteiger partial charge in [-0.25, -0.2) is 0 Å². The lowest BCUT2D eigenvalue weighted by Crippen LogP contribution is -2.14. The van der Waals surface area contributed by atoms with E-state index in [1.54, 1.807) is 0 Å². The van der Waals surface area contributed by atoms with Crippen molar-refractivity contribution >= 4 is 11.5 Å². The normalized spacial score (nSPS) is 12.1. The van der Waals surface area contributed by atoms with E-state index in [-0.39, 0.29) is 17.8 Å². The van der Waals surface area contributed by atoms with Crippen molar-refractivity contribution in [3.8, 4) is 5.75 Å². The number of carbonyl (C=O) groups excluding carboxylic acids is 1. The topological polar surface area (TPSA) is 29.5 Å². The van der Waals surface area contributed by atoms with Gasteiger partial charge in [-0.15, -0.1) is 0 Å². The van der Waals surface area contributed by atoms with Crippen LogP contribution in [0.4, 0.5) is 5.69 Å². The minimum absolute atomic E-state index is 0.0404. The van der Waals surface area contributed by atoms with Crippen molar-refractivity contribution in [1.82, 2.24) is 0 Å². The molecule has 0 aliphatic carbocycles. The first kappa shape index (κ1) is 17.1. The number of Topliss-reactive ketones (excluding diaryl/α,β-unsaturated/α-hetero) is 1. The smallest absolute Gasteiger partial charge is 0.173 e. The van der Waals surface area contributed by atoms with E-state index in [0.717, 1.165) is 11.3 Å². The second-order valence-corrected chi connectivity index (χ2v) is 6.23. The van der Waals surface area contributed by atoms with Crippen molar-refractivity contribution in [2.75, 3.05) is 19.0 Å². The molecule has 0 heterocycles. The number of nitrogens with zero attached hydrogens (tertiary/aromatic N) is 1. The van der Waals surface area contributed by atoms with Gasteiger partial charge in [0.2, 0.25) is 0 Å². The van der Waals surface area contributed by atoms with Crippen LogP contribution in [0.25, 0.3) is 0 Å². The molecular weight excluding hydrogens is 286 g/mol. The molecular formula is C20H25NO2. The molecule has 0 aromatic heterocycles. The Morgan fingerprint density at radius 1 is 0.957 bits per heavy atom. The first-order valence-electron chi connectivity index (χ1n) is 7.97. The summed E-state index contributed by atoms with van der Waals surface area (Å²) in [7, 11) is 4.01. The second-order valence-electron chi connectivity index (χ2n) is 6.23. The van der Waals surface area contributed by atoms with Gasteiger partial charge in [0.25, 0.3) is 0 Å². The molecule has 0 saturated heterocycles. The standard InChI is InChI=1S/C20H25NO2/c1-14(2)23-19-9-7-6-8-18(19)20(22)15(3)16-10-12-17(13-11-16)21(4)5/h6-15H,1-5H3. The highest BCUT2D eigenvalue weighted by atomic mass is 16.5. The van der Waals surface area contributed by atoms with Crippen LogP contribution in [0.3, 0.4) is 0 Å². The molecule has 0 radical (unpaired) electrons. The third-order valence-corrected chi connectivity index (χ3v) is 3.82. The van der Waals surface area contributed by atoms with Crippen molar-refractivity contribution in [2.45, 2.75) is 32.8 Å². The van der Waals surface area contributed by atoms with Gasteiger partial charge in [0.1, 0.15) is 5.75 Å². The summed E-state index contributed by atoms with van der Waals surface area (Å²) >= 11 is 0. The predicted molar refractivity (Wildman–Crippen MR) is 95.7 cm³/mol. The Kier molecular flexibility index (Phi) is 5.43. The highest BCUT2D eigenvalue weighted by Crippen LogP contribution is 2.28. The molecule has 122 valence electrons. The molecule has 2 rings (SSSR count). The van der Waals surface area contributed by atoms with Gasteiger partial charge in [0.05, 0.1) is 11.7 Å². The third-order valence-electron chi connectivity index (χ3n) is 3.82. The number of para-hydroxylation sites is 1. The molecule has 0 N–H and O–H groups in total. The number of hydrogen-bond acceptors (Lipinski definition) is 3. The summed E-state index contributed by atoms with van der Waals surface area (Å²) in [4.78, 5) is 14.9. The lowest BCUT2D eigenvalue weighted by Gasteiger charge is -2.18. The molecule has 3 heteroatoms. The SMILES string of the molecule is CC(C)Oc1ccccc1C(=O)C(C)c1ccc(N(C)C)cc1. The Balaban J connectivity index is 2.26. The van der Waals surface area contributed by atoms with Crippen LogP contribution in [-0.4, -0.2) is 26.0 Å². The van der Waals surface area contributed by atoms with Gasteiger partial charge >= 0.3 is 0 Å². The third kappa shape index (κ3) is 4.13. The Hall–Kier alpha value is -2.29. The zero-order chi connectivity index (χ0) is 17.0. The monoisotopic (exact) mass is 311 g/mol. The van der Waals surface area contributed by atoms with Gasteiger partial charge in [0.15, 0.2) is 5.78 Å². The summed E-state index contributed by atoms with van der Waals surface area (Å²) in [6.45, 7) is 5.87. The molecule has 0 aliphatic heterocycles. The van der Waals surface area contributed by atoms with E-state index in [1.165, 1.54) is 0 Å². The Morgan fingerprint density at radius 2 is 1.57 bits per heavy atom. The molecule has 0 spiro atoms. The van der Waals surface area contributed by atoms with Gasteiger partial charge in [-0.3, -0.25) is 4.79 Å². The van der Waals surface area contributed by atoms with Crippen LogP contribution >= 0.6 is 0 Å². The average Bonchev–Trinajstić information content (AvgIpc) is 2.53. The summed E-state index contributed by atoms with van der Waals surface area (Å²) in [5, 5.41) is 0. The molecule has 0 amide bonds. The van der Waals surface area contributed by atoms with E-state index < -0.39 is 0 Å². The van der Waals surface area contributed by atoms with E-state index in [9.17, 15) is 4.79 Å². The number of rotatable bonds is 6. The molecule has 1 unspecified atom stereocenters. The highest BCUT2D eigenvalue weighted by molar-refractivity contribution is 6.03. The Bertz CT molecular complexity index is 660. The number of anilines is 1. The lowest BCUT2D eigenvalue weighted by atomic mass is 9.91. The number of hydrogen-bond donors (Lipinski definition) is 0. The number of ketones is 1. The van der Waals surface area contributed by atoms with Crippen LogP contribution < -0.4 is 9.64 Å². The van der Waals surface area contributed by atoms with Crippen LogP contribution in [0.2, 0.25) is 0 Å². The lowest BCUT2D eigenvalue weighted by molar-refractivity contribution is 0.0960. The summed E-state index contributed by atoms with van der Waals surface area (Å²) in [5.74, 6) is 0.534. The van der Waals surface area contributed by atoms with E-state index in [0.29, 0.717) is 11.3 Å². The summed E-state index contributed by atoms with van der Waals surface area (Å²) in [5.41, 5.74) is 2.78. The first-order chi connectivity index (χ1) is 10.9. The molecule has 0 bridgehead atoms. The van der Waals surface area contributed by atoms with Crippen molar-refractivity contribution in [3.05, 3.63) is 59.7 Å². The van der Waals surface area contributed by atoms with Crippen LogP contribution in [0.1, 0.15) is 42.6 Å². The molecule has 2 aromatic rings. The molecule has 0 aliphatic rings. The maximum absolute atomic E-state index is 12.9. The van der Waals surface area contributed by atoms with Gasteiger partial charge in [-0.1, -0.05) is 31.2 Å². The van der Waals surface area contributed by atoms with Gasteiger partial charge < -0.3 is 9.64 Å². The number of ether oxygens (including phenoxy) is 1. The largest absolute Gasteiger partial charge is 0.490 e. The quantitative estimate of drug-likeness (QED) is 0.734. The Morgan fingerprint density at radius 3 is 2.13 bits per heavy atom. The fraction of sp³-hybridized carbons (Fsp3) is 0.350. The fourth-order valence-corrected chi connectivity index (χ4v) is 2.47. The van der Waals surface area contributed by atoms with Crippen LogP contribution in [0, 0.1) is 0 Å². The van der Waals surface area contributed by atoms with Crippen molar-refractivity contribution in [3.63, 3.8) is 0 Å². The maximum atomic E-state index is 12.9. The molecule has 0 saturated carbocycles. The van der Waals surface area contributed by atoms with E-state index in [1.807, 2.05) is 88.3 Å². The molecule has 0 fully saturated rings. The van der Waals surface area contributed by atoms with Crippen molar-refractivity contribution in [2.24, 2.45) is 0 Å². The summed E-state index contributed by atoms with van der Waals surface area (Å²) in [6, 6.07) is 15.6. The minimum atomic E-state index is -0.205. The van der Waals surface area contributed by atoms with Gasteiger partial charge in [0, 0.05) is 25.7 Å². The molecule has 2 aromatic carbocycles. The molecule has 1 atom stereocenters. The van der Waals surface area contributed by atoms with Crippen LogP contribution in [0.15, 0.2) is 48.5 Å². The number of benzene rings is 2. The van der Waals surface area contributed by atoms with E-state index in [2.05, 4.69) is 0 Å². The van der Waals surface area contributed by atoms with Crippen LogP contribution in [0.5, 0.6) is 5.75 Å². The number of carbonyl (C=O) groups is 1. The summed E-state index contributed by atoms with van der Waals surface area (Å²) < 4.78 is 5.78. The molecule has 23 heavy (non-hydrogen) atoms. The first-order valence-corrected chi connectivity index (χ1v) is 7.97. The molecule has 3 nitrogen and oxygen atoms in total. The van der Waals surface area contributed by atoms with E-state index >= 15 is 0 Å². The predicted octanol–water partition coefficient (Wildman–Crippen LogP) is 4.53. The fourth-order valence-electron chi connectivity index (χ4n) is 2.47. The zero-order valence-corrected chi connectivity index (χ0v) is 14.5. The van der Waals surface area contributed by atoms with Crippen molar-refractivity contribution in [1.29, 1.82) is 0 Å². The van der Waals surface area contributed by atoms with Gasteiger partial charge in [-0.05, 0) is 43.7 Å². The van der Waals surface area contributed by atoms with Gasteiger partial charge in [-0.2, -0.15) is 0 Å². The van der Waals surface area contributed by atoms with E-state index in [4.69, 9.17) is 4.74 Å². The Labute approximate surface area is 138 Å². The maximum Gasteiger partial charge on any atom is 0.173 e. The second kappa shape index (κ2) is 7.32. The minimum Gasteiger partial charge on any atom is -0.490 e. The average molecular weight is 311 g/mol. The van der Waals surface area contributed by atoms with Crippen LogP contribution in [-0.2, 0) is 0 Å².